The molecule has 1 atom stereocenters. The average molecular weight is 322 g/mol. The van der Waals surface area contributed by atoms with Gasteiger partial charge in [0.1, 0.15) is 17.2 Å². The second kappa shape index (κ2) is 5.18. The number of fused-ring (bicyclic) bond motifs is 3. The highest BCUT2D eigenvalue weighted by Gasteiger charge is 2.34. The summed E-state index contributed by atoms with van der Waals surface area (Å²) in [5.74, 6) is 3.31. The number of rotatable bonds is 3. The Balaban J connectivity index is 2.25. The van der Waals surface area contributed by atoms with Gasteiger partial charge in [0.2, 0.25) is 0 Å². The molecule has 0 spiro atoms. The van der Waals surface area contributed by atoms with E-state index in [-0.39, 0.29) is 6.54 Å². The van der Waals surface area contributed by atoms with Crippen LogP contribution in [0.3, 0.4) is 0 Å². The molecule has 0 bridgehead atoms. The van der Waals surface area contributed by atoms with Gasteiger partial charge in [-0.3, -0.25) is 24.4 Å². The SMILES string of the molecule is Cc1nc2sc3c(c2c(=O)n1CC(=O)NN)C(C(=O)O)CC3. The van der Waals surface area contributed by atoms with Crippen LogP contribution < -0.4 is 16.8 Å². The number of carboxylic acids is 1. The molecule has 0 radical (unpaired) electrons. The first-order valence-electron chi connectivity index (χ1n) is 6.69. The molecular weight excluding hydrogens is 308 g/mol. The van der Waals surface area contributed by atoms with Gasteiger partial charge in [-0.2, -0.15) is 0 Å². The maximum Gasteiger partial charge on any atom is 0.311 e. The van der Waals surface area contributed by atoms with Crippen LogP contribution in [0.1, 0.15) is 28.6 Å². The summed E-state index contributed by atoms with van der Waals surface area (Å²) in [5, 5.41) is 9.65. The van der Waals surface area contributed by atoms with Gasteiger partial charge in [0.15, 0.2) is 0 Å². The number of carboxylic acid groups (broad SMARTS) is 1. The number of amides is 1. The Morgan fingerprint density at radius 3 is 2.91 bits per heavy atom. The standard InChI is InChI=1S/C13H14N4O4S/c1-5-15-11-10(12(19)17(5)4-8(18)16-14)9-6(13(20)21)2-3-7(9)22-11/h6H,2-4,14H2,1H3,(H,16,18)(H,20,21). The lowest BCUT2D eigenvalue weighted by molar-refractivity contribution is -0.138. The van der Waals surface area contributed by atoms with E-state index in [9.17, 15) is 19.5 Å². The number of aromatic nitrogens is 2. The molecule has 1 aliphatic carbocycles. The molecule has 2 aromatic rings. The van der Waals surface area contributed by atoms with E-state index in [0.717, 1.165) is 4.88 Å². The topological polar surface area (TPSA) is 127 Å². The summed E-state index contributed by atoms with van der Waals surface area (Å²) >= 11 is 1.36. The van der Waals surface area contributed by atoms with E-state index in [1.807, 2.05) is 5.43 Å². The maximum atomic E-state index is 12.7. The smallest absolute Gasteiger partial charge is 0.311 e. The molecule has 8 nitrogen and oxygen atoms in total. The highest BCUT2D eigenvalue weighted by atomic mass is 32.1. The van der Waals surface area contributed by atoms with E-state index in [1.54, 1.807) is 6.92 Å². The number of carbonyl (C=O) groups excluding carboxylic acids is 1. The third kappa shape index (κ3) is 2.09. The van der Waals surface area contributed by atoms with E-state index in [0.29, 0.717) is 34.4 Å². The largest absolute Gasteiger partial charge is 0.481 e. The van der Waals surface area contributed by atoms with Crippen LogP contribution in [0, 0.1) is 6.92 Å². The van der Waals surface area contributed by atoms with Crippen molar-refractivity contribution >= 4 is 33.4 Å². The summed E-state index contributed by atoms with van der Waals surface area (Å²) in [6.07, 6.45) is 1.12. The molecule has 0 saturated heterocycles. The predicted molar refractivity (Wildman–Crippen MR) is 79.6 cm³/mol. The Kier molecular flexibility index (Phi) is 3.45. The number of nitrogens with zero attached hydrogens (tertiary/aromatic N) is 2. The first-order valence-corrected chi connectivity index (χ1v) is 7.50. The molecule has 1 amide bonds. The monoisotopic (exact) mass is 322 g/mol. The Morgan fingerprint density at radius 1 is 1.55 bits per heavy atom. The van der Waals surface area contributed by atoms with Crippen molar-refractivity contribution in [3.8, 4) is 0 Å². The molecule has 2 heterocycles. The molecule has 0 fully saturated rings. The summed E-state index contributed by atoms with van der Waals surface area (Å²) in [4.78, 5) is 41.3. The minimum absolute atomic E-state index is 0.244. The van der Waals surface area contributed by atoms with E-state index in [1.165, 1.54) is 15.9 Å². The van der Waals surface area contributed by atoms with Crippen LogP contribution in [-0.4, -0.2) is 26.5 Å². The summed E-state index contributed by atoms with van der Waals surface area (Å²) < 4.78 is 1.22. The summed E-state index contributed by atoms with van der Waals surface area (Å²) in [6.45, 7) is 1.39. The molecule has 1 unspecified atom stereocenters. The molecule has 9 heteroatoms. The van der Waals surface area contributed by atoms with Gasteiger partial charge in [0.05, 0.1) is 11.3 Å². The molecule has 116 valence electrons. The zero-order valence-corrected chi connectivity index (χ0v) is 12.6. The number of thiophene rings is 1. The summed E-state index contributed by atoms with van der Waals surface area (Å²) in [5.41, 5.74) is 2.14. The fraction of sp³-hybridized carbons (Fsp3) is 0.385. The van der Waals surface area contributed by atoms with Gasteiger partial charge in [0, 0.05) is 4.88 Å². The molecule has 4 N–H and O–H groups in total. The lowest BCUT2D eigenvalue weighted by Crippen LogP contribution is -2.37. The number of hydrazine groups is 1. The van der Waals surface area contributed by atoms with Crippen LogP contribution in [0.2, 0.25) is 0 Å². The van der Waals surface area contributed by atoms with Crippen LogP contribution in [0.4, 0.5) is 0 Å². The molecule has 2 aromatic heterocycles. The number of aliphatic carboxylic acids is 1. The molecule has 0 saturated carbocycles. The van der Waals surface area contributed by atoms with Gasteiger partial charge in [-0.05, 0) is 25.3 Å². The molecule has 0 aromatic carbocycles. The van der Waals surface area contributed by atoms with E-state index < -0.39 is 23.4 Å². The fourth-order valence-electron chi connectivity index (χ4n) is 2.85. The Bertz CT molecular complexity index is 854. The van der Waals surface area contributed by atoms with E-state index in [2.05, 4.69) is 4.98 Å². The number of carbonyl (C=O) groups is 2. The van der Waals surface area contributed by atoms with Crippen LogP contribution in [0.25, 0.3) is 10.2 Å². The van der Waals surface area contributed by atoms with Gasteiger partial charge < -0.3 is 5.11 Å². The number of nitrogens with one attached hydrogen (secondary N) is 1. The highest BCUT2D eigenvalue weighted by Crippen LogP contribution is 2.42. The lowest BCUT2D eigenvalue weighted by Gasteiger charge is -2.10. The molecule has 1 aliphatic rings. The highest BCUT2D eigenvalue weighted by molar-refractivity contribution is 7.18. The van der Waals surface area contributed by atoms with Gasteiger partial charge in [-0.15, -0.1) is 11.3 Å². The number of nitrogens with two attached hydrogens (primary N) is 1. The summed E-state index contributed by atoms with van der Waals surface area (Å²) in [7, 11) is 0. The van der Waals surface area contributed by atoms with Gasteiger partial charge in [-0.25, -0.2) is 10.8 Å². The van der Waals surface area contributed by atoms with E-state index in [4.69, 9.17) is 5.84 Å². The van der Waals surface area contributed by atoms with Crippen molar-refractivity contribution < 1.29 is 14.7 Å². The van der Waals surface area contributed by atoms with Crippen LogP contribution in [-0.2, 0) is 22.6 Å². The van der Waals surface area contributed by atoms with Crippen molar-refractivity contribution in [2.24, 2.45) is 5.84 Å². The Morgan fingerprint density at radius 2 is 2.27 bits per heavy atom. The Hall–Kier alpha value is -2.26. The van der Waals surface area contributed by atoms with Crippen molar-refractivity contribution in [2.75, 3.05) is 0 Å². The molecule has 3 rings (SSSR count). The third-order valence-corrected chi connectivity index (χ3v) is 5.05. The second-order valence-electron chi connectivity index (χ2n) is 5.17. The van der Waals surface area contributed by atoms with Crippen LogP contribution in [0.15, 0.2) is 4.79 Å². The van der Waals surface area contributed by atoms with Crippen molar-refractivity contribution in [1.82, 2.24) is 15.0 Å². The van der Waals surface area contributed by atoms with Gasteiger partial charge in [-0.1, -0.05) is 0 Å². The predicted octanol–water partition coefficient (Wildman–Crippen LogP) is -0.129. The van der Waals surface area contributed by atoms with Gasteiger partial charge >= 0.3 is 5.97 Å². The second-order valence-corrected chi connectivity index (χ2v) is 6.25. The number of hydrogen-bond donors (Lipinski definition) is 3. The zero-order chi connectivity index (χ0) is 16.0. The number of hydrogen-bond acceptors (Lipinski definition) is 6. The first-order chi connectivity index (χ1) is 10.4. The van der Waals surface area contributed by atoms with E-state index >= 15 is 0 Å². The minimum atomic E-state index is -0.940. The zero-order valence-electron chi connectivity index (χ0n) is 11.8. The minimum Gasteiger partial charge on any atom is -0.481 e. The molecule has 0 aliphatic heterocycles. The van der Waals surface area contributed by atoms with Crippen LogP contribution >= 0.6 is 11.3 Å². The van der Waals surface area contributed by atoms with Crippen molar-refractivity contribution in [1.29, 1.82) is 0 Å². The Labute approximate surface area is 128 Å². The van der Waals surface area contributed by atoms with Crippen molar-refractivity contribution in [2.45, 2.75) is 32.2 Å². The lowest BCUT2D eigenvalue weighted by atomic mass is 10.0. The maximum absolute atomic E-state index is 12.7. The molecular formula is C13H14N4O4S. The normalized spacial score (nSPS) is 16.7. The fourth-order valence-corrected chi connectivity index (χ4v) is 4.13. The molecule has 22 heavy (non-hydrogen) atoms. The quantitative estimate of drug-likeness (QED) is 0.410. The van der Waals surface area contributed by atoms with Crippen LogP contribution in [0.5, 0.6) is 0 Å². The third-order valence-electron chi connectivity index (χ3n) is 3.89. The van der Waals surface area contributed by atoms with Crippen molar-refractivity contribution in [3.05, 3.63) is 26.6 Å². The van der Waals surface area contributed by atoms with Gasteiger partial charge in [0.25, 0.3) is 11.5 Å². The number of aryl methyl sites for hydroxylation is 2. The summed E-state index contributed by atoms with van der Waals surface area (Å²) in [6, 6.07) is 0. The van der Waals surface area contributed by atoms with Crippen molar-refractivity contribution in [3.63, 3.8) is 0 Å². The first kappa shape index (κ1) is 14.7. The average Bonchev–Trinajstić information content (AvgIpc) is 3.00.